The Morgan fingerprint density at radius 1 is 1.09 bits per heavy atom. The van der Waals surface area contributed by atoms with Gasteiger partial charge in [0.1, 0.15) is 0 Å². The molecule has 0 N–H and O–H groups in total. The third-order valence-corrected chi connectivity index (χ3v) is 2.96. The van der Waals surface area contributed by atoms with Crippen LogP contribution in [0.4, 0.5) is 0 Å². The Balaban J connectivity index is 0. The van der Waals surface area contributed by atoms with E-state index in [4.69, 9.17) is 0 Å². The van der Waals surface area contributed by atoms with E-state index in [1.165, 1.54) is 11.1 Å². The summed E-state index contributed by atoms with van der Waals surface area (Å²) in [6.45, 7) is 4.62. The molecule has 0 bridgehead atoms. The van der Waals surface area contributed by atoms with Crippen LogP contribution in [0.25, 0.3) is 5.57 Å². The maximum Gasteiger partial charge on any atom is -0.172 e. The van der Waals surface area contributed by atoms with Gasteiger partial charge in [0.2, 0.25) is 0 Å². The van der Waals surface area contributed by atoms with Crippen LogP contribution >= 0.6 is 15.9 Å². The van der Waals surface area contributed by atoms with Gasteiger partial charge in [-0.15, -0.1) is 12.0 Å². The summed E-state index contributed by atoms with van der Waals surface area (Å²) in [5, 5.41) is 0. The van der Waals surface area contributed by atoms with Crippen molar-refractivity contribution in [2.24, 2.45) is 0 Å². The minimum atomic E-state index is 0. The fourth-order valence-electron chi connectivity index (χ4n) is 1.56. The van der Waals surface area contributed by atoms with E-state index in [-0.39, 0.29) is 30.2 Å². The smallest absolute Gasteiger partial charge is 0.172 e. The molecule has 23 heavy (non-hydrogen) atoms. The number of allylic oxidation sites excluding steroid dienone is 4. The van der Waals surface area contributed by atoms with E-state index in [1.54, 1.807) is 23.3 Å². The van der Waals surface area contributed by atoms with Crippen LogP contribution in [-0.2, 0) is 23.3 Å². The summed E-state index contributed by atoms with van der Waals surface area (Å²) in [5.41, 5.74) is 2.76. The van der Waals surface area contributed by atoms with Crippen molar-refractivity contribution >= 4 is 26.9 Å². The van der Waals surface area contributed by atoms with Crippen LogP contribution in [0, 0.1) is 6.08 Å². The minimum absolute atomic E-state index is 0. The zero-order chi connectivity index (χ0) is 15.5. The molecular weight excluding hydrogens is 486 g/mol. The van der Waals surface area contributed by atoms with Crippen LogP contribution in [0.3, 0.4) is 0 Å². The molecule has 1 aliphatic carbocycles. The van der Waals surface area contributed by atoms with Gasteiger partial charge in [-0.25, -0.2) is 18.2 Å². The van der Waals surface area contributed by atoms with Crippen LogP contribution in [0.5, 0.6) is 0 Å². The summed E-state index contributed by atoms with van der Waals surface area (Å²) in [6, 6.07) is 18.3. The molecule has 0 atom stereocenters. The first-order valence-corrected chi connectivity index (χ1v) is 13.8. The maximum absolute atomic E-state index is 3.41. The normalized spacial score (nSPS) is 10.7. The molecule has 2 aromatic rings. The maximum atomic E-state index is 3.41. The van der Waals surface area contributed by atoms with Gasteiger partial charge in [-0.3, -0.25) is 6.08 Å². The minimum Gasteiger partial charge on any atom is -1.00 e. The fraction of sp³-hybridized carbons (Fsp3) is 0.167. The van der Waals surface area contributed by atoms with Gasteiger partial charge in [0.15, 0.2) is 0 Å². The second kappa shape index (κ2) is 15.7. The van der Waals surface area contributed by atoms with Gasteiger partial charge in [0, 0.05) is 4.47 Å². The molecule has 0 amide bonds. The molecule has 3 rings (SSSR count). The summed E-state index contributed by atoms with van der Waals surface area (Å²) in [7, 11) is 0. The Bertz CT molecular complexity index is 569. The van der Waals surface area contributed by atoms with Crippen molar-refractivity contribution in [1.29, 1.82) is 0 Å². The van der Waals surface area contributed by atoms with Crippen molar-refractivity contribution in [1.82, 2.24) is 0 Å². The van der Waals surface area contributed by atoms with Gasteiger partial charge in [-0.2, -0.15) is 29.8 Å². The van der Waals surface area contributed by atoms with E-state index in [9.17, 15) is 0 Å². The van der Waals surface area contributed by atoms with E-state index in [2.05, 4.69) is 65.4 Å². The van der Waals surface area contributed by atoms with Gasteiger partial charge in [-0.05, 0) is 12.1 Å². The first-order valence-electron chi connectivity index (χ1n) is 6.80. The van der Waals surface area contributed by atoms with Crippen molar-refractivity contribution in [3.63, 3.8) is 0 Å². The van der Waals surface area contributed by atoms with Gasteiger partial charge < -0.3 is 24.8 Å². The Kier molecular flexibility index (Phi) is 17.4. The molecule has 0 radical (unpaired) electrons. The molecule has 0 unspecified atom stereocenters. The number of benzene rings is 1. The molecule has 0 saturated carbocycles. The van der Waals surface area contributed by atoms with Gasteiger partial charge in [0.05, 0.1) is 0 Å². The second-order valence-corrected chi connectivity index (χ2v) is 15.0. The first-order chi connectivity index (χ1) is 10.1. The van der Waals surface area contributed by atoms with Crippen LogP contribution < -0.4 is 24.8 Å². The van der Waals surface area contributed by atoms with E-state index in [1.807, 2.05) is 36.4 Å². The third-order valence-electron chi connectivity index (χ3n) is 2.43. The number of hydrogen-bond donors (Lipinski definition) is 0. The molecule has 1 aliphatic rings. The summed E-state index contributed by atoms with van der Waals surface area (Å²) in [6.07, 6.45) is 8.33. The van der Waals surface area contributed by atoms with E-state index >= 15 is 0 Å². The molecule has 0 fully saturated rings. The molecule has 0 aliphatic heterocycles. The molecule has 0 nitrogen and oxygen atoms in total. The Morgan fingerprint density at radius 3 is 1.96 bits per heavy atom. The van der Waals surface area contributed by atoms with Gasteiger partial charge in [0.25, 0.3) is 0 Å². The Morgan fingerprint density at radius 2 is 1.61 bits per heavy atom. The molecular formula is C18H19BrCl2SiZr-2. The van der Waals surface area contributed by atoms with Crippen LogP contribution in [-0.4, -0.2) is 5.43 Å². The molecule has 0 aromatic heterocycles. The summed E-state index contributed by atoms with van der Waals surface area (Å²) in [4.78, 5) is 0. The van der Waals surface area contributed by atoms with Crippen molar-refractivity contribution < 1.29 is 48.1 Å². The van der Waals surface area contributed by atoms with Gasteiger partial charge >= 0.3 is 41.9 Å². The van der Waals surface area contributed by atoms with Crippen molar-refractivity contribution in [2.75, 3.05) is 0 Å². The molecule has 5 heteroatoms. The fourth-order valence-corrected chi connectivity index (χ4v) is 1.83. The third kappa shape index (κ3) is 13.2. The van der Waals surface area contributed by atoms with Crippen molar-refractivity contribution in [2.45, 2.75) is 19.5 Å². The van der Waals surface area contributed by atoms with E-state index < -0.39 is 0 Å². The summed E-state index contributed by atoms with van der Waals surface area (Å²) < 4.78 is 1.12. The Labute approximate surface area is 176 Å². The molecule has 2 aromatic carbocycles. The van der Waals surface area contributed by atoms with E-state index in [0.29, 0.717) is 0 Å². The van der Waals surface area contributed by atoms with Crippen LogP contribution in [0.1, 0.15) is 12.0 Å². The topological polar surface area (TPSA) is 0 Å². The zero-order valence-corrected chi connectivity index (χ0v) is 19.7. The standard InChI is InChI=1S/C11H8Br.C5H5.C2H6Si.2ClH.Zr/c12-11-7-5-10(6-8-11)9-3-1-2-4-9;1-2-4-5-3-1;1-3-2;;;/h3-8H,1H2;1-5H;1-2H3;2*1H;/q2*-1;;;;+2/p-2. The predicted molar refractivity (Wildman–Crippen MR) is 94.1 cm³/mol. The van der Waals surface area contributed by atoms with Crippen molar-refractivity contribution in [3.05, 3.63) is 82.9 Å². The monoisotopic (exact) mass is 502 g/mol. The SMILES string of the molecule is Brc1ccc(C2=CC[C-]=C2)cc1.C[Si](C)=[Zr+2].[Cl-].[Cl-].c1cc[cH-]c1. The summed E-state index contributed by atoms with van der Waals surface area (Å²) >= 11 is 5.15. The molecule has 0 heterocycles. The predicted octanol–water partition coefficient (Wildman–Crippen LogP) is -0.207. The summed E-state index contributed by atoms with van der Waals surface area (Å²) in [5.74, 6) is 0. The second-order valence-electron chi connectivity index (χ2n) is 4.68. The van der Waals surface area contributed by atoms with Crippen LogP contribution in [0.15, 0.2) is 71.2 Å². The van der Waals surface area contributed by atoms with Gasteiger partial charge in [-0.1, -0.05) is 28.1 Å². The average Bonchev–Trinajstić information content (AvgIpc) is 3.16. The zero-order valence-electron chi connectivity index (χ0n) is 13.2. The Hall–Kier alpha value is 0.210. The first kappa shape index (κ1) is 25.5. The molecule has 122 valence electrons. The number of halogens is 3. The average molecular weight is 505 g/mol. The molecule has 0 spiro atoms. The van der Waals surface area contributed by atoms with E-state index in [0.717, 1.165) is 10.9 Å². The van der Waals surface area contributed by atoms with Crippen LogP contribution in [0.2, 0.25) is 13.1 Å². The number of hydrogen-bond acceptors (Lipinski definition) is 0. The quantitative estimate of drug-likeness (QED) is 0.372. The number of rotatable bonds is 1. The van der Waals surface area contributed by atoms with Crippen molar-refractivity contribution in [3.8, 4) is 0 Å². The molecule has 0 saturated heterocycles. The largest absolute Gasteiger partial charge is 1.00 e.